The smallest absolute Gasteiger partial charge is 0.227 e. The van der Waals surface area contributed by atoms with Gasteiger partial charge in [-0.25, -0.2) is 0 Å². The molecule has 1 amide bonds. The molecule has 1 aromatic rings. The van der Waals surface area contributed by atoms with Gasteiger partial charge in [-0.2, -0.15) is 0 Å². The van der Waals surface area contributed by atoms with Crippen LogP contribution in [0.2, 0.25) is 0 Å². The first kappa shape index (κ1) is 13.1. The number of hydrogen-bond acceptors (Lipinski definition) is 2. The van der Waals surface area contributed by atoms with Gasteiger partial charge in [0, 0.05) is 36.3 Å². The molecule has 0 spiro atoms. The molecule has 0 aliphatic carbocycles. The molecule has 98 valence electrons. The van der Waals surface area contributed by atoms with Crippen LogP contribution in [0.25, 0.3) is 0 Å². The minimum Gasteiger partial charge on any atom is -0.342 e. The molecule has 1 aromatic heterocycles. The summed E-state index contributed by atoms with van der Waals surface area (Å²) in [6.07, 6.45) is 4.04. The number of aromatic nitrogens is 1. The van der Waals surface area contributed by atoms with Gasteiger partial charge in [0.15, 0.2) is 0 Å². The van der Waals surface area contributed by atoms with Crippen molar-refractivity contribution in [3.63, 3.8) is 0 Å². The number of carbonyl (C=O) groups is 1. The van der Waals surface area contributed by atoms with Crippen molar-refractivity contribution in [1.82, 2.24) is 9.88 Å². The summed E-state index contributed by atoms with van der Waals surface area (Å²) >= 11 is 0. The van der Waals surface area contributed by atoms with Crippen molar-refractivity contribution in [3.8, 4) is 0 Å². The zero-order chi connectivity index (χ0) is 13.2. The summed E-state index contributed by atoms with van der Waals surface area (Å²) in [6.45, 7) is 7.66. The van der Waals surface area contributed by atoms with Crippen molar-refractivity contribution in [2.75, 3.05) is 13.1 Å². The van der Waals surface area contributed by atoms with Crippen LogP contribution in [0, 0.1) is 5.41 Å². The second-order valence-electron chi connectivity index (χ2n) is 6.09. The molecule has 1 fully saturated rings. The fourth-order valence-electron chi connectivity index (χ4n) is 2.49. The maximum Gasteiger partial charge on any atom is 0.227 e. The van der Waals surface area contributed by atoms with Gasteiger partial charge in [-0.3, -0.25) is 9.78 Å². The second kappa shape index (κ2) is 5.09. The molecule has 1 aliphatic heterocycles. The standard InChI is InChI=1S/C15H22N2O/c1-15(2,3)14(18)17-10-6-7-12(11-17)13-8-4-5-9-16-13/h4-5,8-9,12H,6-7,10-11H2,1-3H3/t12-/m1/s1. The average molecular weight is 246 g/mol. The minimum absolute atomic E-state index is 0.253. The second-order valence-corrected chi connectivity index (χ2v) is 6.09. The Balaban J connectivity index is 2.08. The highest BCUT2D eigenvalue weighted by Crippen LogP contribution is 2.28. The van der Waals surface area contributed by atoms with Crippen LogP contribution in [0.1, 0.15) is 45.2 Å². The third-order valence-electron chi connectivity index (χ3n) is 3.46. The number of nitrogens with zero attached hydrogens (tertiary/aromatic N) is 2. The lowest BCUT2D eigenvalue weighted by atomic mass is 9.90. The number of likely N-dealkylation sites (tertiary alicyclic amines) is 1. The highest BCUT2D eigenvalue weighted by Gasteiger charge is 2.31. The number of rotatable bonds is 1. The van der Waals surface area contributed by atoms with E-state index in [-0.39, 0.29) is 11.3 Å². The van der Waals surface area contributed by atoms with E-state index in [0.29, 0.717) is 5.92 Å². The number of hydrogen-bond donors (Lipinski definition) is 0. The Morgan fingerprint density at radius 2 is 2.17 bits per heavy atom. The minimum atomic E-state index is -0.286. The summed E-state index contributed by atoms with van der Waals surface area (Å²) in [6, 6.07) is 6.02. The zero-order valence-corrected chi connectivity index (χ0v) is 11.5. The van der Waals surface area contributed by atoms with Crippen molar-refractivity contribution in [2.45, 2.75) is 39.5 Å². The molecule has 2 rings (SSSR count). The lowest BCUT2D eigenvalue weighted by Gasteiger charge is -2.36. The quantitative estimate of drug-likeness (QED) is 0.763. The Hall–Kier alpha value is -1.38. The molecule has 0 unspecified atom stereocenters. The zero-order valence-electron chi connectivity index (χ0n) is 11.5. The average Bonchev–Trinajstić information content (AvgIpc) is 2.38. The van der Waals surface area contributed by atoms with E-state index in [9.17, 15) is 4.79 Å². The summed E-state index contributed by atoms with van der Waals surface area (Å²) in [4.78, 5) is 18.7. The van der Waals surface area contributed by atoms with Crippen LogP contribution in [0.3, 0.4) is 0 Å². The molecule has 0 aromatic carbocycles. The van der Waals surface area contributed by atoms with Gasteiger partial charge in [0.2, 0.25) is 5.91 Å². The Labute approximate surface area is 109 Å². The van der Waals surface area contributed by atoms with E-state index in [4.69, 9.17) is 0 Å². The fraction of sp³-hybridized carbons (Fsp3) is 0.600. The molecule has 18 heavy (non-hydrogen) atoms. The third kappa shape index (κ3) is 2.89. The number of carbonyl (C=O) groups excluding carboxylic acids is 1. The third-order valence-corrected chi connectivity index (χ3v) is 3.46. The first-order valence-corrected chi connectivity index (χ1v) is 6.69. The van der Waals surface area contributed by atoms with Crippen LogP contribution in [0.15, 0.2) is 24.4 Å². The number of amides is 1. The maximum atomic E-state index is 12.3. The molecule has 1 atom stereocenters. The van der Waals surface area contributed by atoms with Gasteiger partial charge in [-0.05, 0) is 25.0 Å². The van der Waals surface area contributed by atoms with Gasteiger partial charge >= 0.3 is 0 Å². The number of pyridine rings is 1. The molecule has 3 heteroatoms. The largest absolute Gasteiger partial charge is 0.342 e. The molecule has 1 saturated heterocycles. The van der Waals surface area contributed by atoms with E-state index >= 15 is 0 Å². The van der Waals surface area contributed by atoms with Crippen molar-refractivity contribution >= 4 is 5.91 Å². The van der Waals surface area contributed by atoms with Crippen LogP contribution >= 0.6 is 0 Å². The van der Waals surface area contributed by atoms with Crippen molar-refractivity contribution in [1.29, 1.82) is 0 Å². The lowest BCUT2D eigenvalue weighted by molar-refractivity contribution is -0.140. The Morgan fingerprint density at radius 3 is 2.78 bits per heavy atom. The van der Waals surface area contributed by atoms with Crippen LogP contribution < -0.4 is 0 Å². The molecule has 0 N–H and O–H groups in total. The van der Waals surface area contributed by atoms with Crippen LogP contribution in [-0.2, 0) is 4.79 Å². The van der Waals surface area contributed by atoms with Crippen LogP contribution in [0.5, 0.6) is 0 Å². The van der Waals surface area contributed by atoms with Gasteiger partial charge in [0.1, 0.15) is 0 Å². The SMILES string of the molecule is CC(C)(C)C(=O)N1CCC[C@@H](c2ccccn2)C1. The predicted octanol–water partition coefficient (Wildman–Crippen LogP) is 2.83. The Bertz CT molecular complexity index is 408. The fourth-order valence-corrected chi connectivity index (χ4v) is 2.49. The summed E-state index contributed by atoms with van der Waals surface area (Å²) in [5, 5.41) is 0. The van der Waals surface area contributed by atoms with E-state index < -0.39 is 0 Å². The highest BCUT2D eigenvalue weighted by atomic mass is 16.2. The molecule has 0 bridgehead atoms. The summed E-state index contributed by atoms with van der Waals surface area (Å²) in [7, 11) is 0. The Kier molecular flexibility index (Phi) is 3.69. The summed E-state index contributed by atoms with van der Waals surface area (Å²) in [5.41, 5.74) is 0.829. The molecule has 1 aliphatic rings. The van der Waals surface area contributed by atoms with Crippen LogP contribution in [0.4, 0.5) is 0 Å². The van der Waals surface area contributed by atoms with Gasteiger partial charge in [-0.15, -0.1) is 0 Å². The molecule has 2 heterocycles. The van der Waals surface area contributed by atoms with Crippen molar-refractivity contribution in [3.05, 3.63) is 30.1 Å². The highest BCUT2D eigenvalue weighted by molar-refractivity contribution is 5.81. The number of piperidine rings is 1. The van der Waals surface area contributed by atoms with E-state index in [2.05, 4.69) is 11.1 Å². The van der Waals surface area contributed by atoms with E-state index in [1.165, 1.54) is 0 Å². The van der Waals surface area contributed by atoms with E-state index in [0.717, 1.165) is 31.6 Å². The molecular weight excluding hydrogens is 224 g/mol. The van der Waals surface area contributed by atoms with E-state index in [1.54, 1.807) is 0 Å². The topological polar surface area (TPSA) is 33.2 Å². The first-order valence-electron chi connectivity index (χ1n) is 6.69. The maximum absolute atomic E-state index is 12.3. The molecule has 0 radical (unpaired) electrons. The van der Waals surface area contributed by atoms with Crippen molar-refractivity contribution in [2.24, 2.45) is 5.41 Å². The van der Waals surface area contributed by atoms with Gasteiger partial charge in [0.05, 0.1) is 0 Å². The van der Waals surface area contributed by atoms with E-state index in [1.807, 2.05) is 44.0 Å². The van der Waals surface area contributed by atoms with Gasteiger partial charge in [-0.1, -0.05) is 26.8 Å². The molecule has 0 saturated carbocycles. The van der Waals surface area contributed by atoms with Crippen molar-refractivity contribution < 1.29 is 4.79 Å². The summed E-state index contributed by atoms with van der Waals surface area (Å²) in [5.74, 6) is 0.648. The summed E-state index contributed by atoms with van der Waals surface area (Å²) < 4.78 is 0. The van der Waals surface area contributed by atoms with Crippen LogP contribution in [-0.4, -0.2) is 28.9 Å². The molecular formula is C15H22N2O. The van der Waals surface area contributed by atoms with Gasteiger partial charge < -0.3 is 4.90 Å². The molecule has 3 nitrogen and oxygen atoms in total. The van der Waals surface area contributed by atoms with Gasteiger partial charge in [0.25, 0.3) is 0 Å². The Morgan fingerprint density at radius 1 is 1.39 bits per heavy atom. The normalized spacial score (nSPS) is 20.8. The predicted molar refractivity (Wildman–Crippen MR) is 72.2 cm³/mol. The monoisotopic (exact) mass is 246 g/mol. The first-order chi connectivity index (χ1) is 8.48. The lowest BCUT2D eigenvalue weighted by Crippen LogP contribution is -2.44.